The van der Waals surface area contributed by atoms with E-state index in [1.54, 1.807) is 21.3 Å². The average Bonchev–Trinajstić information content (AvgIpc) is 3.25. The highest BCUT2D eigenvalue weighted by Gasteiger charge is 2.44. The van der Waals surface area contributed by atoms with Crippen LogP contribution < -0.4 is 0 Å². The standard InChI is InChI=1S/C13H28O5Si/c1-6-12(17-9-13-10-18-13)8-7-11(2)19(14-3,15-4)16-5/h11-13H,6-10H2,1-5H3. The summed E-state index contributed by atoms with van der Waals surface area (Å²) in [6.45, 7) is 5.84. The van der Waals surface area contributed by atoms with Crippen LogP contribution in [0, 0.1) is 0 Å². The Hall–Kier alpha value is 0.0169. The van der Waals surface area contributed by atoms with Crippen molar-refractivity contribution < 1.29 is 22.8 Å². The van der Waals surface area contributed by atoms with E-state index >= 15 is 0 Å². The Balaban J connectivity index is 2.34. The third kappa shape index (κ3) is 5.13. The van der Waals surface area contributed by atoms with Crippen LogP contribution in [0.5, 0.6) is 0 Å². The van der Waals surface area contributed by atoms with Gasteiger partial charge in [0.05, 0.1) is 19.3 Å². The second-order valence-electron chi connectivity index (χ2n) is 5.01. The highest BCUT2D eigenvalue weighted by atomic mass is 28.4. The Bertz CT molecular complexity index is 235. The summed E-state index contributed by atoms with van der Waals surface area (Å²) in [5.41, 5.74) is 0.266. The van der Waals surface area contributed by atoms with Gasteiger partial charge in [0.1, 0.15) is 6.10 Å². The second kappa shape index (κ2) is 8.34. The molecule has 1 heterocycles. The zero-order chi connectivity index (χ0) is 14.3. The van der Waals surface area contributed by atoms with Crippen molar-refractivity contribution in [3.05, 3.63) is 0 Å². The maximum atomic E-state index is 5.85. The fraction of sp³-hybridized carbons (Fsp3) is 1.00. The van der Waals surface area contributed by atoms with Gasteiger partial charge in [-0.2, -0.15) is 0 Å². The van der Waals surface area contributed by atoms with Gasteiger partial charge in [0.15, 0.2) is 0 Å². The van der Waals surface area contributed by atoms with Crippen LogP contribution >= 0.6 is 0 Å². The van der Waals surface area contributed by atoms with Crippen molar-refractivity contribution in [2.75, 3.05) is 34.5 Å². The smallest absolute Gasteiger partial charge is 0.377 e. The number of hydrogen-bond donors (Lipinski definition) is 0. The molecule has 1 aliphatic heterocycles. The Labute approximate surface area is 117 Å². The van der Waals surface area contributed by atoms with E-state index in [9.17, 15) is 0 Å². The fourth-order valence-electron chi connectivity index (χ4n) is 2.28. The molecule has 1 saturated heterocycles. The van der Waals surface area contributed by atoms with Crippen LogP contribution in [-0.2, 0) is 22.8 Å². The molecule has 3 atom stereocenters. The van der Waals surface area contributed by atoms with E-state index in [1.165, 1.54) is 0 Å². The lowest BCUT2D eigenvalue weighted by molar-refractivity contribution is 0.0315. The predicted molar refractivity (Wildman–Crippen MR) is 75.2 cm³/mol. The third-order valence-corrected chi connectivity index (χ3v) is 6.96. The van der Waals surface area contributed by atoms with Crippen molar-refractivity contribution in [1.82, 2.24) is 0 Å². The molecule has 0 saturated carbocycles. The molecule has 0 aromatic heterocycles. The maximum absolute atomic E-state index is 5.85. The first-order valence-corrected chi connectivity index (χ1v) is 8.80. The fourth-order valence-corrected chi connectivity index (χ4v) is 4.51. The third-order valence-electron chi connectivity index (χ3n) is 3.75. The summed E-state index contributed by atoms with van der Waals surface area (Å²) in [7, 11) is 2.47. The van der Waals surface area contributed by atoms with Gasteiger partial charge in [-0.1, -0.05) is 13.8 Å². The normalized spacial score (nSPS) is 22.3. The molecule has 1 aliphatic rings. The van der Waals surface area contributed by atoms with Gasteiger partial charge < -0.3 is 22.8 Å². The molecule has 0 amide bonds. The molecule has 0 aromatic carbocycles. The lowest BCUT2D eigenvalue weighted by Crippen LogP contribution is -2.47. The van der Waals surface area contributed by atoms with Crippen LogP contribution in [0.3, 0.4) is 0 Å². The second-order valence-corrected chi connectivity index (χ2v) is 8.43. The molecule has 0 bridgehead atoms. The lowest BCUT2D eigenvalue weighted by atomic mass is 10.1. The van der Waals surface area contributed by atoms with Gasteiger partial charge in [-0.15, -0.1) is 0 Å². The van der Waals surface area contributed by atoms with Gasteiger partial charge in [0.2, 0.25) is 0 Å². The first-order chi connectivity index (χ1) is 9.11. The van der Waals surface area contributed by atoms with E-state index in [-0.39, 0.29) is 11.6 Å². The molecule has 1 fully saturated rings. The SMILES string of the molecule is CCC(CCC(C)[Si](OC)(OC)OC)OCC1CO1. The molecule has 0 spiro atoms. The summed E-state index contributed by atoms with van der Waals surface area (Å²) in [5.74, 6) is 0. The molecule has 19 heavy (non-hydrogen) atoms. The minimum Gasteiger partial charge on any atom is -0.377 e. The summed E-state index contributed by atoms with van der Waals surface area (Å²) >= 11 is 0. The van der Waals surface area contributed by atoms with Crippen LogP contribution in [0.15, 0.2) is 0 Å². The molecule has 3 unspecified atom stereocenters. The quantitative estimate of drug-likeness (QED) is 0.432. The summed E-state index contributed by atoms with van der Waals surface area (Å²) in [5, 5.41) is 0. The van der Waals surface area contributed by atoms with E-state index in [0.29, 0.717) is 12.7 Å². The molecule has 1 rings (SSSR count). The van der Waals surface area contributed by atoms with Crippen molar-refractivity contribution in [1.29, 1.82) is 0 Å². The number of rotatable bonds is 11. The van der Waals surface area contributed by atoms with Crippen LogP contribution in [0.2, 0.25) is 5.54 Å². The van der Waals surface area contributed by atoms with E-state index in [1.807, 2.05) is 0 Å². The minimum absolute atomic E-state index is 0.266. The van der Waals surface area contributed by atoms with Crippen molar-refractivity contribution in [3.63, 3.8) is 0 Å². The van der Waals surface area contributed by atoms with E-state index in [4.69, 9.17) is 22.8 Å². The van der Waals surface area contributed by atoms with Crippen LogP contribution in [0.25, 0.3) is 0 Å². The summed E-state index contributed by atoms with van der Waals surface area (Å²) in [4.78, 5) is 0. The molecular formula is C13H28O5Si. The monoisotopic (exact) mass is 292 g/mol. The molecule has 6 heteroatoms. The molecule has 114 valence electrons. The minimum atomic E-state index is -2.51. The Morgan fingerprint density at radius 1 is 1.16 bits per heavy atom. The highest BCUT2D eigenvalue weighted by molar-refractivity contribution is 6.62. The van der Waals surface area contributed by atoms with Gasteiger partial charge in [0, 0.05) is 26.9 Å². The Morgan fingerprint density at radius 2 is 1.74 bits per heavy atom. The van der Waals surface area contributed by atoms with Crippen molar-refractivity contribution in [3.8, 4) is 0 Å². The van der Waals surface area contributed by atoms with Gasteiger partial charge in [-0.05, 0) is 19.3 Å². The van der Waals surface area contributed by atoms with Gasteiger partial charge in [-0.3, -0.25) is 0 Å². The number of epoxide rings is 1. The first kappa shape index (κ1) is 17.1. The Morgan fingerprint density at radius 3 is 2.16 bits per heavy atom. The van der Waals surface area contributed by atoms with Crippen molar-refractivity contribution in [2.24, 2.45) is 0 Å². The molecule has 0 radical (unpaired) electrons. The van der Waals surface area contributed by atoms with Gasteiger partial charge >= 0.3 is 8.80 Å². The zero-order valence-electron chi connectivity index (χ0n) is 12.8. The van der Waals surface area contributed by atoms with E-state index < -0.39 is 8.80 Å². The molecule has 5 nitrogen and oxygen atoms in total. The predicted octanol–water partition coefficient (Wildman–Crippen LogP) is 2.23. The summed E-state index contributed by atoms with van der Waals surface area (Å²) in [6.07, 6.45) is 3.60. The first-order valence-electron chi connectivity index (χ1n) is 7.00. The van der Waals surface area contributed by atoms with Crippen molar-refractivity contribution in [2.45, 2.75) is 50.9 Å². The van der Waals surface area contributed by atoms with Crippen molar-refractivity contribution >= 4 is 8.80 Å². The lowest BCUT2D eigenvalue weighted by Gasteiger charge is -2.30. The van der Waals surface area contributed by atoms with Crippen LogP contribution in [-0.4, -0.2) is 55.6 Å². The van der Waals surface area contributed by atoms with Crippen LogP contribution in [0.1, 0.15) is 33.1 Å². The van der Waals surface area contributed by atoms with E-state index in [2.05, 4.69) is 13.8 Å². The average molecular weight is 292 g/mol. The van der Waals surface area contributed by atoms with E-state index in [0.717, 1.165) is 25.9 Å². The van der Waals surface area contributed by atoms with Gasteiger partial charge in [0.25, 0.3) is 0 Å². The van der Waals surface area contributed by atoms with Crippen LogP contribution in [0.4, 0.5) is 0 Å². The summed E-state index contributed by atoms with van der Waals surface area (Å²) < 4.78 is 27.5. The number of hydrogen-bond acceptors (Lipinski definition) is 5. The molecule has 0 aliphatic carbocycles. The molecule has 0 aromatic rings. The Kier molecular flexibility index (Phi) is 7.49. The molecular weight excluding hydrogens is 264 g/mol. The zero-order valence-corrected chi connectivity index (χ0v) is 13.8. The maximum Gasteiger partial charge on any atom is 0.503 e. The highest BCUT2D eigenvalue weighted by Crippen LogP contribution is 2.29. The van der Waals surface area contributed by atoms with Gasteiger partial charge in [-0.25, -0.2) is 0 Å². The summed E-state index contributed by atoms with van der Waals surface area (Å²) in [6, 6.07) is 0. The topological polar surface area (TPSA) is 49.5 Å². The number of ether oxygens (including phenoxy) is 2. The largest absolute Gasteiger partial charge is 0.503 e. The molecule has 0 N–H and O–H groups in total.